The van der Waals surface area contributed by atoms with E-state index in [2.05, 4.69) is 13.5 Å². The van der Waals surface area contributed by atoms with Gasteiger partial charge in [0.05, 0.1) is 5.41 Å². The Bertz CT molecular complexity index is 257. The van der Waals surface area contributed by atoms with Crippen molar-refractivity contribution in [3.8, 4) is 0 Å². The second-order valence-electron chi connectivity index (χ2n) is 5.08. The summed E-state index contributed by atoms with van der Waals surface area (Å²) in [6.07, 6.45) is 8.22. The monoisotopic (exact) mass is 238 g/mol. The van der Waals surface area contributed by atoms with Gasteiger partial charge in [0, 0.05) is 19.6 Å². The van der Waals surface area contributed by atoms with E-state index >= 15 is 0 Å². The van der Waals surface area contributed by atoms with Gasteiger partial charge < -0.3 is 10.6 Å². The Balaban J connectivity index is 2.77. The quantitative estimate of drug-likeness (QED) is 0.722. The molecular formula is C14H26N2O. The number of rotatable bonds is 6. The van der Waals surface area contributed by atoms with Crippen molar-refractivity contribution >= 4 is 5.91 Å². The van der Waals surface area contributed by atoms with Crippen molar-refractivity contribution in [2.75, 3.05) is 19.6 Å². The fourth-order valence-electron chi connectivity index (χ4n) is 2.77. The van der Waals surface area contributed by atoms with Crippen LogP contribution in [0.25, 0.3) is 0 Å². The van der Waals surface area contributed by atoms with Crippen molar-refractivity contribution in [1.82, 2.24) is 4.90 Å². The molecule has 0 aromatic heterocycles. The molecule has 1 saturated carbocycles. The van der Waals surface area contributed by atoms with E-state index in [0.29, 0.717) is 13.1 Å². The van der Waals surface area contributed by atoms with Crippen LogP contribution in [-0.4, -0.2) is 30.4 Å². The van der Waals surface area contributed by atoms with Crippen LogP contribution < -0.4 is 5.73 Å². The van der Waals surface area contributed by atoms with E-state index in [1.54, 1.807) is 6.08 Å². The number of carbonyl (C=O) groups excluding carboxylic acids is 1. The van der Waals surface area contributed by atoms with Crippen LogP contribution in [0.3, 0.4) is 0 Å². The molecule has 0 heterocycles. The second-order valence-corrected chi connectivity index (χ2v) is 5.08. The van der Waals surface area contributed by atoms with Gasteiger partial charge >= 0.3 is 0 Å². The molecule has 1 rings (SSSR count). The molecule has 1 aliphatic rings. The first-order valence-corrected chi connectivity index (χ1v) is 6.80. The van der Waals surface area contributed by atoms with E-state index in [4.69, 9.17) is 5.73 Å². The molecule has 3 nitrogen and oxygen atoms in total. The van der Waals surface area contributed by atoms with Crippen LogP contribution in [0.1, 0.15) is 45.4 Å². The number of amides is 1. The van der Waals surface area contributed by atoms with Crippen molar-refractivity contribution in [2.24, 2.45) is 11.1 Å². The molecule has 2 N–H and O–H groups in total. The third-order valence-corrected chi connectivity index (χ3v) is 3.79. The number of nitrogens with two attached hydrogens (primary N) is 1. The van der Waals surface area contributed by atoms with Gasteiger partial charge in [-0.1, -0.05) is 32.3 Å². The van der Waals surface area contributed by atoms with Crippen LogP contribution in [0.15, 0.2) is 12.7 Å². The lowest BCUT2D eigenvalue weighted by Gasteiger charge is -2.38. The number of hydrogen-bond donors (Lipinski definition) is 1. The average molecular weight is 238 g/mol. The Morgan fingerprint density at radius 3 is 2.53 bits per heavy atom. The largest absolute Gasteiger partial charge is 0.338 e. The Hall–Kier alpha value is -0.830. The van der Waals surface area contributed by atoms with E-state index < -0.39 is 0 Å². The van der Waals surface area contributed by atoms with Gasteiger partial charge in [0.25, 0.3) is 0 Å². The van der Waals surface area contributed by atoms with Crippen molar-refractivity contribution < 1.29 is 4.79 Å². The molecule has 98 valence electrons. The standard InChI is InChI=1S/C14H26N2O/c1-3-10-16(11-4-2)13(17)14(12-15)8-6-5-7-9-14/h3H,1,4-12,15H2,2H3. The zero-order valence-electron chi connectivity index (χ0n) is 11.1. The van der Waals surface area contributed by atoms with Gasteiger partial charge in [0.15, 0.2) is 0 Å². The summed E-state index contributed by atoms with van der Waals surface area (Å²) in [4.78, 5) is 14.6. The molecule has 0 aliphatic heterocycles. The van der Waals surface area contributed by atoms with E-state index in [0.717, 1.165) is 38.6 Å². The predicted molar refractivity (Wildman–Crippen MR) is 71.6 cm³/mol. The van der Waals surface area contributed by atoms with Gasteiger partial charge in [0.2, 0.25) is 5.91 Å². The molecule has 0 saturated heterocycles. The fourth-order valence-corrected chi connectivity index (χ4v) is 2.77. The fraction of sp³-hybridized carbons (Fsp3) is 0.786. The lowest BCUT2D eigenvalue weighted by atomic mass is 9.73. The maximum atomic E-state index is 12.6. The maximum Gasteiger partial charge on any atom is 0.230 e. The predicted octanol–water partition coefficient (Wildman–Crippen LogP) is 2.32. The van der Waals surface area contributed by atoms with Gasteiger partial charge in [-0.15, -0.1) is 6.58 Å². The topological polar surface area (TPSA) is 46.3 Å². The molecule has 0 atom stereocenters. The molecule has 1 fully saturated rings. The summed E-state index contributed by atoms with van der Waals surface area (Å²) < 4.78 is 0. The van der Waals surface area contributed by atoms with Crippen molar-refractivity contribution in [3.05, 3.63) is 12.7 Å². The first-order chi connectivity index (χ1) is 8.20. The van der Waals surface area contributed by atoms with E-state index in [9.17, 15) is 4.79 Å². The summed E-state index contributed by atoms with van der Waals surface area (Å²) >= 11 is 0. The van der Waals surface area contributed by atoms with Gasteiger partial charge in [0.1, 0.15) is 0 Å². The van der Waals surface area contributed by atoms with Crippen molar-refractivity contribution in [1.29, 1.82) is 0 Å². The highest BCUT2D eigenvalue weighted by Crippen LogP contribution is 2.37. The highest BCUT2D eigenvalue weighted by atomic mass is 16.2. The molecular weight excluding hydrogens is 212 g/mol. The molecule has 3 heteroatoms. The van der Waals surface area contributed by atoms with Crippen LogP contribution in [0.2, 0.25) is 0 Å². The lowest BCUT2D eigenvalue weighted by Crippen LogP contribution is -2.49. The SMILES string of the molecule is C=CCN(CCC)C(=O)C1(CN)CCCCC1. The van der Waals surface area contributed by atoms with Gasteiger partial charge in [-0.2, -0.15) is 0 Å². The van der Waals surface area contributed by atoms with Gasteiger partial charge in [-0.25, -0.2) is 0 Å². The molecule has 1 aliphatic carbocycles. The highest BCUT2D eigenvalue weighted by molar-refractivity contribution is 5.83. The summed E-state index contributed by atoms with van der Waals surface area (Å²) in [7, 11) is 0. The molecule has 0 bridgehead atoms. The second kappa shape index (κ2) is 6.80. The minimum absolute atomic E-state index is 0.251. The molecule has 0 radical (unpaired) electrons. The first kappa shape index (κ1) is 14.2. The zero-order chi connectivity index (χ0) is 12.7. The minimum atomic E-state index is -0.281. The first-order valence-electron chi connectivity index (χ1n) is 6.80. The van der Waals surface area contributed by atoms with E-state index in [1.165, 1.54) is 6.42 Å². The Kier molecular flexibility index (Phi) is 5.69. The smallest absolute Gasteiger partial charge is 0.230 e. The maximum absolute atomic E-state index is 12.6. The summed E-state index contributed by atoms with van der Waals surface area (Å²) in [5.41, 5.74) is 5.61. The van der Waals surface area contributed by atoms with Crippen LogP contribution in [0.5, 0.6) is 0 Å². The van der Waals surface area contributed by atoms with Crippen LogP contribution in [0.4, 0.5) is 0 Å². The van der Waals surface area contributed by atoms with Crippen LogP contribution in [0, 0.1) is 5.41 Å². The normalized spacial score (nSPS) is 18.7. The summed E-state index contributed by atoms with van der Waals surface area (Å²) in [5.74, 6) is 0.251. The third-order valence-electron chi connectivity index (χ3n) is 3.79. The van der Waals surface area contributed by atoms with Gasteiger partial charge in [-0.3, -0.25) is 4.79 Å². The Morgan fingerprint density at radius 1 is 1.41 bits per heavy atom. The van der Waals surface area contributed by atoms with Crippen LogP contribution in [-0.2, 0) is 4.79 Å². The van der Waals surface area contributed by atoms with Crippen LogP contribution >= 0.6 is 0 Å². The van der Waals surface area contributed by atoms with E-state index in [1.807, 2.05) is 4.90 Å². The van der Waals surface area contributed by atoms with E-state index in [-0.39, 0.29) is 11.3 Å². The Labute approximate surface area is 105 Å². The molecule has 1 amide bonds. The summed E-state index contributed by atoms with van der Waals surface area (Å²) in [6, 6.07) is 0. The number of nitrogens with zero attached hydrogens (tertiary/aromatic N) is 1. The summed E-state index contributed by atoms with van der Waals surface area (Å²) in [5, 5.41) is 0. The number of carbonyl (C=O) groups is 1. The van der Waals surface area contributed by atoms with Gasteiger partial charge in [-0.05, 0) is 19.3 Å². The van der Waals surface area contributed by atoms with Crippen molar-refractivity contribution in [3.63, 3.8) is 0 Å². The molecule has 0 spiro atoms. The zero-order valence-corrected chi connectivity index (χ0v) is 11.1. The molecule has 0 aromatic rings. The van der Waals surface area contributed by atoms with Crippen molar-refractivity contribution in [2.45, 2.75) is 45.4 Å². The minimum Gasteiger partial charge on any atom is -0.338 e. The molecule has 0 aromatic carbocycles. The average Bonchev–Trinajstić information content (AvgIpc) is 2.38. The third kappa shape index (κ3) is 3.32. The lowest BCUT2D eigenvalue weighted by molar-refractivity contribution is -0.143. The summed E-state index contributed by atoms with van der Waals surface area (Å²) in [6.45, 7) is 7.78. The number of hydrogen-bond acceptors (Lipinski definition) is 2. The molecule has 17 heavy (non-hydrogen) atoms. The highest BCUT2D eigenvalue weighted by Gasteiger charge is 2.40. The molecule has 0 unspecified atom stereocenters. The Morgan fingerprint density at radius 2 is 2.06 bits per heavy atom.